The molecule has 0 N–H and O–H groups in total. The van der Waals surface area contributed by atoms with E-state index in [-0.39, 0.29) is 10.8 Å². The van der Waals surface area contributed by atoms with Crippen molar-refractivity contribution in [1.82, 2.24) is 0 Å². The van der Waals surface area contributed by atoms with Gasteiger partial charge >= 0.3 is 0 Å². The Morgan fingerprint density at radius 1 is 0.806 bits per heavy atom. The van der Waals surface area contributed by atoms with Crippen molar-refractivity contribution in [2.75, 3.05) is 4.90 Å². The third-order valence-corrected chi connectivity index (χ3v) is 8.37. The fourth-order valence-corrected chi connectivity index (χ4v) is 6.70. The average Bonchev–Trinajstić information content (AvgIpc) is 3.15. The number of ether oxygens (including phenoxy) is 1. The molecule has 3 heteroatoms. The van der Waals surface area contributed by atoms with Crippen LogP contribution >= 0.6 is 11.6 Å². The molecule has 154 valence electrons. The van der Waals surface area contributed by atoms with Crippen LogP contribution in [0.2, 0.25) is 5.02 Å². The van der Waals surface area contributed by atoms with Crippen molar-refractivity contribution in [2.45, 2.75) is 44.9 Å². The zero-order chi connectivity index (χ0) is 21.3. The summed E-state index contributed by atoms with van der Waals surface area (Å²) in [7, 11) is 0. The highest BCUT2D eigenvalue weighted by atomic mass is 35.5. The summed E-state index contributed by atoms with van der Waals surface area (Å²) in [6, 6.07) is 17.3. The van der Waals surface area contributed by atoms with E-state index in [2.05, 4.69) is 75.1 Å². The van der Waals surface area contributed by atoms with Gasteiger partial charge in [-0.3, -0.25) is 0 Å². The van der Waals surface area contributed by atoms with Gasteiger partial charge in [-0.15, -0.1) is 0 Å². The molecule has 0 aromatic heterocycles. The number of halogens is 1. The number of rotatable bonds is 0. The summed E-state index contributed by atoms with van der Waals surface area (Å²) < 4.78 is 6.35. The second-order valence-corrected chi connectivity index (χ2v) is 10.9. The molecule has 0 amide bonds. The van der Waals surface area contributed by atoms with Crippen molar-refractivity contribution >= 4 is 28.7 Å². The smallest absolute Gasteiger partial charge is 0.153 e. The molecule has 31 heavy (non-hydrogen) atoms. The average molecular weight is 426 g/mol. The summed E-state index contributed by atoms with van der Waals surface area (Å²) in [6.07, 6.45) is 4.84. The van der Waals surface area contributed by atoms with Gasteiger partial charge < -0.3 is 9.64 Å². The number of benzene rings is 3. The molecule has 2 aliphatic carbocycles. The summed E-state index contributed by atoms with van der Waals surface area (Å²) in [5.74, 6) is 2.67. The first-order valence-electron chi connectivity index (χ1n) is 11.1. The summed E-state index contributed by atoms with van der Waals surface area (Å²) in [5, 5.41) is 0.717. The normalized spacial score (nSPS) is 24.2. The monoisotopic (exact) mass is 425 g/mol. The molecular formula is C28H24ClNO. The van der Waals surface area contributed by atoms with Crippen LogP contribution in [0.5, 0.6) is 11.5 Å². The molecule has 0 spiro atoms. The van der Waals surface area contributed by atoms with Gasteiger partial charge in [0.2, 0.25) is 0 Å². The van der Waals surface area contributed by atoms with Crippen molar-refractivity contribution in [3.63, 3.8) is 0 Å². The molecule has 3 aromatic rings. The van der Waals surface area contributed by atoms with Crippen LogP contribution in [0.1, 0.15) is 61.8 Å². The van der Waals surface area contributed by atoms with E-state index in [1.807, 2.05) is 18.2 Å². The molecule has 0 radical (unpaired) electrons. The van der Waals surface area contributed by atoms with Crippen LogP contribution < -0.4 is 9.64 Å². The number of nitrogens with zero attached hydrogens (tertiary/aromatic N) is 1. The highest BCUT2D eigenvalue weighted by Crippen LogP contribution is 2.65. The van der Waals surface area contributed by atoms with Crippen molar-refractivity contribution in [3.8, 4) is 11.5 Å². The Morgan fingerprint density at radius 2 is 1.52 bits per heavy atom. The maximum atomic E-state index is 6.59. The van der Waals surface area contributed by atoms with E-state index in [1.54, 1.807) is 0 Å². The zero-order valence-corrected chi connectivity index (χ0v) is 18.9. The lowest BCUT2D eigenvalue weighted by atomic mass is 9.71. The van der Waals surface area contributed by atoms with E-state index < -0.39 is 0 Å². The minimum absolute atomic E-state index is 0.179. The Bertz CT molecular complexity index is 1350. The molecule has 0 saturated heterocycles. The Hall–Kier alpha value is -2.71. The van der Waals surface area contributed by atoms with E-state index in [0.717, 1.165) is 22.9 Å². The first-order chi connectivity index (χ1) is 14.8. The SMILES string of the molecule is CC1(C)c2cc3c(cc2N2c4ccccc4Oc4cc(Cl)cc1c42)C1C=CC3C1(C)C. The topological polar surface area (TPSA) is 12.5 Å². The van der Waals surface area contributed by atoms with Crippen LogP contribution in [-0.4, -0.2) is 0 Å². The number of anilines is 3. The summed E-state index contributed by atoms with van der Waals surface area (Å²) in [6.45, 7) is 9.44. The van der Waals surface area contributed by atoms with Gasteiger partial charge in [0.25, 0.3) is 0 Å². The minimum atomic E-state index is -0.179. The Kier molecular flexibility index (Phi) is 3.10. The largest absolute Gasteiger partial charge is 0.453 e. The Labute approximate surface area is 188 Å². The van der Waals surface area contributed by atoms with Gasteiger partial charge in [0.1, 0.15) is 0 Å². The van der Waals surface area contributed by atoms with Crippen molar-refractivity contribution in [3.05, 3.63) is 88.0 Å². The second kappa shape index (κ2) is 5.37. The molecular weight excluding hydrogens is 402 g/mol. The fourth-order valence-electron chi connectivity index (χ4n) is 6.49. The zero-order valence-electron chi connectivity index (χ0n) is 18.2. The minimum Gasteiger partial charge on any atom is -0.453 e. The predicted molar refractivity (Wildman–Crippen MR) is 127 cm³/mol. The quantitative estimate of drug-likeness (QED) is 0.262. The van der Waals surface area contributed by atoms with Crippen molar-refractivity contribution < 1.29 is 4.74 Å². The second-order valence-electron chi connectivity index (χ2n) is 10.5. The molecule has 3 aromatic carbocycles. The first-order valence-corrected chi connectivity index (χ1v) is 11.4. The fraction of sp³-hybridized carbons (Fsp3) is 0.286. The van der Waals surface area contributed by atoms with Gasteiger partial charge in [-0.2, -0.15) is 0 Å². The molecule has 2 bridgehead atoms. The summed E-state index contributed by atoms with van der Waals surface area (Å²) in [5.41, 5.74) is 9.10. The predicted octanol–water partition coefficient (Wildman–Crippen LogP) is 8.33. The molecule has 4 aliphatic rings. The molecule has 2 unspecified atom stereocenters. The molecule has 0 fully saturated rings. The van der Waals surface area contributed by atoms with E-state index in [9.17, 15) is 0 Å². The van der Waals surface area contributed by atoms with Gasteiger partial charge in [-0.25, -0.2) is 0 Å². The highest BCUT2D eigenvalue weighted by molar-refractivity contribution is 6.31. The van der Waals surface area contributed by atoms with E-state index >= 15 is 0 Å². The molecule has 2 atom stereocenters. The lowest BCUT2D eigenvalue weighted by Gasteiger charge is -2.45. The van der Waals surface area contributed by atoms with E-state index in [0.29, 0.717) is 16.9 Å². The molecule has 2 nitrogen and oxygen atoms in total. The summed E-state index contributed by atoms with van der Waals surface area (Å²) in [4.78, 5) is 2.41. The van der Waals surface area contributed by atoms with Gasteiger partial charge in [-0.05, 0) is 51.9 Å². The third kappa shape index (κ3) is 2.01. The maximum absolute atomic E-state index is 6.59. The number of para-hydroxylation sites is 2. The lowest BCUT2D eigenvalue weighted by molar-refractivity contribution is 0.343. The standard InChI is InChI=1S/C28H24ClNO/c1-27(2)18-9-10-19(27)17-14-23-20(13-16(17)18)28(3,4)21-11-15(29)12-25-26(21)30(23)22-7-5-6-8-24(22)31-25/h5-14,18-19H,1-4H3. The van der Waals surface area contributed by atoms with Gasteiger partial charge in [0.05, 0.1) is 17.1 Å². The maximum Gasteiger partial charge on any atom is 0.153 e. The highest BCUT2D eigenvalue weighted by Gasteiger charge is 2.50. The molecule has 2 heterocycles. The number of allylic oxidation sites excluding steroid dienone is 2. The van der Waals surface area contributed by atoms with E-state index in [4.69, 9.17) is 16.3 Å². The third-order valence-electron chi connectivity index (χ3n) is 8.15. The van der Waals surface area contributed by atoms with Crippen LogP contribution in [0.4, 0.5) is 17.1 Å². The van der Waals surface area contributed by atoms with Crippen LogP contribution in [-0.2, 0) is 5.41 Å². The molecule has 7 rings (SSSR count). The number of fused-ring (bicyclic) bond motifs is 9. The van der Waals surface area contributed by atoms with Crippen molar-refractivity contribution in [2.24, 2.45) is 5.41 Å². The van der Waals surface area contributed by atoms with Gasteiger partial charge in [0, 0.05) is 28.3 Å². The van der Waals surface area contributed by atoms with Crippen LogP contribution in [0.25, 0.3) is 0 Å². The van der Waals surface area contributed by atoms with Gasteiger partial charge in [-0.1, -0.05) is 69.6 Å². The summed E-state index contributed by atoms with van der Waals surface area (Å²) >= 11 is 6.59. The van der Waals surface area contributed by atoms with Crippen LogP contribution in [0.15, 0.2) is 60.7 Å². The van der Waals surface area contributed by atoms with Gasteiger partial charge in [0.15, 0.2) is 11.5 Å². The first kappa shape index (κ1) is 17.9. The van der Waals surface area contributed by atoms with Crippen LogP contribution in [0.3, 0.4) is 0 Å². The molecule has 0 saturated carbocycles. The van der Waals surface area contributed by atoms with Crippen molar-refractivity contribution in [1.29, 1.82) is 0 Å². The lowest BCUT2D eigenvalue weighted by Crippen LogP contribution is -2.32. The Morgan fingerprint density at radius 3 is 2.29 bits per heavy atom. The Balaban J connectivity index is 1.58. The molecule has 2 aliphatic heterocycles. The van der Waals surface area contributed by atoms with E-state index in [1.165, 1.54) is 27.9 Å². The number of hydrogen-bond acceptors (Lipinski definition) is 2. The van der Waals surface area contributed by atoms with Crippen LogP contribution in [0, 0.1) is 5.41 Å². The number of hydrogen-bond donors (Lipinski definition) is 0.